The summed E-state index contributed by atoms with van der Waals surface area (Å²) in [6.45, 7) is 4.43. The first kappa shape index (κ1) is 18.6. The summed E-state index contributed by atoms with van der Waals surface area (Å²) in [5, 5.41) is 7.02. The normalized spacial score (nSPS) is 12.0. The van der Waals surface area contributed by atoms with Gasteiger partial charge < -0.3 is 14.5 Å². The van der Waals surface area contributed by atoms with Crippen LogP contribution in [0.15, 0.2) is 47.0 Å². The summed E-state index contributed by atoms with van der Waals surface area (Å²) >= 11 is 0. The lowest BCUT2D eigenvalue weighted by atomic mass is 10.2. The standard InChI is InChI=1S/C19H19F2N3O3/c1-3-24-16(8-9-22-24)12(2)23-19(25)18-7-5-14(27-18)11-26-17-6-4-13(20)10-15(17)21/h4-10,12H,3,11H2,1-2H3,(H,23,25). The van der Waals surface area contributed by atoms with Crippen molar-refractivity contribution in [1.82, 2.24) is 15.1 Å². The van der Waals surface area contributed by atoms with Gasteiger partial charge in [0.1, 0.15) is 18.2 Å². The first-order valence-electron chi connectivity index (χ1n) is 8.47. The summed E-state index contributed by atoms with van der Waals surface area (Å²) < 4.78 is 39.0. The predicted molar refractivity (Wildman–Crippen MR) is 93.2 cm³/mol. The molecular weight excluding hydrogens is 356 g/mol. The molecule has 142 valence electrons. The van der Waals surface area contributed by atoms with E-state index in [1.54, 1.807) is 16.9 Å². The van der Waals surface area contributed by atoms with Crippen LogP contribution in [0.25, 0.3) is 0 Å². The van der Waals surface area contributed by atoms with E-state index < -0.39 is 11.6 Å². The number of aromatic nitrogens is 2. The maximum Gasteiger partial charge on any atom is 0.287 e. The molecule has 1 N–H and O–H groups in total. The molecule has 1 aromatic carbocycles. The van der Waals surface area contributed by atoms with Gasteiger partial charge in [-0.25, -0.2) is 8.78 Å². The van der Waals surface area contributed by atoms with Gasteiger partial charge in [-0.3, -0.25) is 9.48 Å². The Hall–Kier alpha value is -3.16. The molecule has 0 bridgehead atoms. The van der Waals surface area contributed by atoms with Crippen molar-refractivity contribution >= 4 is 5.91 Å². The number of hydrogen-bond acceptors (Lipinski definition) is 4. The maximum absolute atomic E-state index is 13.6. The fourth-order valence-electron chi connectivity index (χ4n) is 2.64. The van der Waals surface area contributed by atoms with Crippen molar-refractivity contribution in [2.75, 3.05) is 0 Å². The lowest BCUT2D eigenvalue weighted by molar-refractivity contribution is 0.0906. The molecule has 3 rings (SSSR count). The molecule has 0 radical (unpaired) electrons. The molecule has 2 heterocycles. The molecular formula is C19H19F2N3O3. The van der Waals surface area contributed by atoms with Crippen LogP contribution in [0.4, 0.5) is 8.78 Å². The minimum atomic E-state index is -0.805. The van der Waals surface area contributed by atoms with Crippen LogP contribution in [0, 0.1) is 11.6 Å². The highest BCUT2D eigenvalue weighted by Gasteiger charge is 2.17. The summed E-state index contributed by atoms with van der Waals surface area (Å²) in [6, 6.07) is 7.70. The molecule has 0 aliphatic carbocycles. The van der Waals surface area contributed by atoms with Crippen molar-refractivity contribution < 1.29 is 22.7 Å². The van der Waals surface area contributed by atoms with Gasteiger partial charge in [-0.2, -0.15) is 5.10 Å². The number of nitrogens with one attached hydrogen (secondary N) is 1. The number of ether oxygens (including phenoxy) is 1. The Kier molecular flexibility index (Phi) is 5.54. The molecule has 27 heavy (non-hydrogen) atoms. The van der Waals surface area contributed by atoms with E-state index in [2.05, 4.69) is 10.4 Å². The van der Waals surface area contributed by atoms with Crippen LogP contribution in [-0.4, -0.2) is 15.7 Å². The summed E-state index contributed by atoms with van der Waals surface area (Å²) in [5.41, 5.74) is 0.882. The molecule has 2 aromatic heterocycles. The first-order chi connectivity index (χ1) is 13.0. The van der Waals surface area contributed by atoms with Gasteiger partial charge in [0.05, 0.1) is 11.7 Å². The number of aryl methyl sites for hydroxylation is 1. The number of nitrogens with zero attached hydrogens (tertiary/aromatic N) is 2. The predicted octanol–water partition coefficient (Wildman–Crippen LogP) is 3.84. The minimum Gasteiger partial charge on any atom is -0.483 e. The summed E-state index contributed by atoms with van der Waals surface area (Å²) in [5.74, 6) is -1.51. The van der Waals surface area contributed by atoms with Crippen molar-refractivity contribution in [2.24, 2.45) is 0 Å². The highest BCUT2D eigenvalue weighted by Crippen LogP contribution is 2.20. The number of carbonyl (C=O) groups is 1. The van der Waals surface area contributed by atoms with Gasteiger partial charge in [-0.15, -0.1) is 0 Å². The highest BCUT2D eigenvalue weighted by molar-refractivity contribution is 5.91. The van der Waals surface area contributed by atoms with Gasteiger partial charge in [-0.05, 0) is 44.2 Å². The summed E-state index contributed by atoms with van der Waals surface area (Å²) in [6.07, 6.45) is 1.68. The van der Waals surface area contributed by atoms with Crippen molar-refractivity contribution in [2.45, 2.75) is 33.0 Å². The van der Waals surface area contributed by atoms with E-state index in [0.717, 1.165) is 17.8 Å². The average molecular weight is 375 g/mol. The molecule has 1 atom stereocenters. The largest absolute Gasteiger partial charge is 0.483 e. The van der Waals surface area contributed by atoms with Crippen molar-refractivity contribution in [3.05, 3.63) is 71.4 Å². The third-order valence-corrected chi connectivity index (χ3v) is 3.99. The maximum atomic E-state index is 13.6. The molecule has 0 saturated heterocycles. The number of carbonyl (C=O) groups excluding carboxylic acids is 1. The van der Waals surface area contributed by atoms with Crippen LogP contribution in [0.2, 0.25) is 0 Å². The minimum absolute atomic E-state index is 0.0893. The fourth-order valence-corrected chi connectivity index (χ4v) is 2.64. The Morgan fingerprint density at radius 1 is 1.30 bits per heavy atom. The zero-order valence-electron chi connectivity index (χ0n) is 14.9. The average Bonchev–Trinajstić information content (AvgIpc) is 3.30. The van der Waals surface area contributed by atoms with Crippen LogP contribution in [0.1, 0.15) is 41.9 Å². The summed E-state index contributed by atoms with van der Waals surface area (Å²) in [7, 11) is 0. The van der Waals surface area contributed by atoms with Crippen LogP contribution < -0.4 is 10.1 Å². The Balaban J connectivity index is 1.60. The van der Waals surface area contributed by atoms with Gasteiger partial charge in [-0.1, -0.05) is 0 Å². The summed E-state index contributed by atoms with van der Waals surface area (Å²) in [4.78, 5) is 12.4. The van der Waals surface area contributed by atoms with Crippen LogP contribution >= 0.6 is 0 Å². The Morgan fingerprint density at radius 2 is 2.11 bits per heavy atom. The fraction of sp³-hybridized carbons (Fsp3) is 0.263. The molecule has 0 aliphatic rings. The third-order valence-electron chi connectivity index (χ3n) is 3.99. The van der Waals surface area contributed by atoms with Crippen molar-refractivity contribution in [3.63, 3.8) is 0 Å². The molecule has 0 fully saturated rings. The van der Waals surface area contributed by atoms with Crippen LogP contribution in [-0.2, 0) is 13.2 Å². The lowest BCUT2D eigenvalue weighted by Gasteiger charge is -2.14. The lowest BCUT2D eigenvalue weighted by Crippen LogP contribution is -2.28. The van der Waals surface area contributed by atoms with E-state index in [9.17, 15) is 13.6 Å². The van der Waals surface area contributed by atoms with Gasteiger partial charge in [0.15, 0.2) is 17.3 Å². The van der Waals surface area contributed by atoms with E-state index in [1.807, 2.05) is 19.9 Å². The zero-order chi connectivity index (χ0) is 19.4. The van der Waals surface area contributed by atoms with E-state index >= 15 is 0 Å². The number of hydrogen-bond donors (Lipinski definition) is 1. The first-order valence-corrected chi connectivity index (χ1v) is 8.47. The smallest absolute Gasteiger partial charge is 0.287 e. The quantitative estimate of drug-likeness (QED) is 0.681. The Bertz CT molecular complexity index is 936. The van der Waals surface area contributed by atoms with Crippen molar-refractivity contribution in [3.8, 4) is 5.75 Å². The zero-order valence-corrected chi connectivity index (χ0v) is 14.9. The van der Waals surface area contributed by atoms with E-state index in [1.165, 1.54) is 12.1 Å². The molecule has 1 unspecified atom stereocenters. The third kappa shape index (κ3) is 4.33. The molecule has 8 heteroatoms. The Labute approximate surface area is 154 Å². The second-order valence-corrected chi connectivity index (χ2v) is 5.90. The van der Waals surface area contributed by atoms with Gasteiger partial charge >= 0.3 is 0 Å². The number of amides is 1. The molecule has 3 aromatic rings. The Morgan fingerprint density at radius 3 is 2.85 bits per heavy atom. The van der Waals surface area contributed by atoms with Gasteiger partial charge in [0.2, 0.25) is 0 Å². The number of halogens is 2. The molecule has 0 spiro atoms. The molecule has 0 aliphatic heterocycles. The second-order valence-electron chi connectivity index (χ2n) is 5.90. The second kappa shape index (κ2) is 8.03. The van der Waals surface area contributed by atoms with E-state index in [0.29, 0.717) is 12.3 Å². The van der Waals surface area contributed by atoms with Crippen LogP contribution in [0.5, 0.6) is 5.75 Å². The van der Waals surface area contributed by atoms with Crippen LogP contribution in [0.3, 0.4) is 0 Å². The molecule has 0 saturated carbocycles. The SMILES string of the molecule is CCn1nccc1C(C)NC(=O)c1ccc(COc2ccc(F)cc2F)o1. The van der Waals surface area contributed by atoms with E-state index in [-0.39, 0.29) is 30.1 Å². The molecule has 6 nitrogen and oxygen atoms in total. The number of benzene rings is 1. The van der Waals surface area contributed by atoms with Crippen molar-refractivity contribution in [1.29, 1.82) is 0 Å². The van der Waals surface area contributed by atoms with Gasteiger partial charge in [0.25, 0.3) is 5.91 Å². The highest BCUT2D eigenvalue weighted by atomic mass is 19.1. The number of furan rings is 1. The monoisotopic (exact) mass is 375 g/mol. The van der Waals surface area contributed by atoms with E-state index in [4.69, 9.17) is 9.15 Å². The molecule has 1 amide bonds. The van der Waals surface area contributed by atoms with Gasteiger partial charge in [0, 0.05) is 18.8 Å². The number of rotatable bonds is 7. The topological polar surface area (TPSA) is 69.3 Å².